The van der Waals surface area contributed by atoms with Gasteiger partial charge < -0.3 is 1.43 Å². The maximum absolute atomic E-state index is 2.18. The average molecular weight is 238 g/mol. The summed E-state index contributed by atoms with van der Waals surface area (Å²) in [4.78, 5) is 0. The van der Waals surface area contributed by atoms with Gasteiger partial charge in [-0.25, -0.2) is 0 Å². The van der Waals surface area contributed by atoms with Gasteiger partial charge in [0.05, 0.1) is 0 Å². The van der Waals surface area contributed by atoms with Crippen molar-refractivity contribution in [3.8, 4) is 0 Å². The van der Waals surface area contributed by atoms with Crippen LogP contribution in [0.25, 0.3) is 0 Å². The second kappa shape index (κ2) is 7.97. The van der Waals surface area contributed by atoms with Crippen LogP contribution in [0.4, 0.5) is 0 Å². The fraction of sp³-hybridized carbons (Fsp3) is 0.143. The molecule has 16 heavy (non-hydrogen) atoms. The molecule has 2 aromatic carbocycles. The summed E-state index contributed by atoms with van der Waals surface area (Å²) in [6, 6.07) is 21.2. The molecule has 78 valence electrons. The zero-order valence-corrected chi connectivity index (χ0v) is 12.4. The first-order valence-corrected chi connectivity index (χ1v) is 6.26. The SMILES string of the molecule is [H-].[Na+].c1ccc(CSCc2ccccc2)cc1. The number of hydrogen-bond acceptors (Lipinski definition) is 1. The molecule has 0 N–H and O–H groups in total. The zero-order valence-electron chi connectivity index (χ0n) is 10.6. The third-order valence-electron chi connectivity index (χ3n) is 2.22. The monoisotopic (exact) mass is 238 g/mol. The van der Waals surface area contributed by atoms with E-state index in [0.717, 1.165) is 11.5 Å². The Balaban J connectivity index is 0.00000128. The smallest absolute Gasteiger partial charge is 1.00 e. The minimum Gasteiger partial charge on any atom is -1.00 e. The molecule has 0 nitrogen and oxygen atoms in total. The molecule has 0 aliphatic rings. The Kier molecular flexibility index (Phi) is 6.90. The maximum Gasteiger partial charge on any atom is 1.00 e. The van der Waals surface area contributed by atoms with E-state index in [1.165, 1.54) is 11.1 Å². The Morgan fingerprint density at radius 3 is 1.44 bits per heavy atom. The van der Waals surface area contributed by atoms with Gasteiger partial charge in [-0.2, -0.15) is 11.8 Å². The summed E-state index contributed by atoms with van der Waals surface area (Å²) >= 11 is 1.96. The molecule has 0 fully saturated rings. The molecular formula is C14H15NaS. The van der Waals surface area contributed by atoms with Gasteiger partial charge in [-0.05, 0) is 11.1 Å². The van der Waals surface area contributed by atoms with E-state index in [1.807, 2.05) is 11.8 Å². The fourth-order valence-electron chi connectivity index (χ4n) is 1.44. The number of rotatable bonds is 4. The fourth-order valence-corrected chi connectivity index (χ4v) is 2.39. The molecule has 0 saturated heterocycles. The van der Waals surface area contributed by atoms with E-state index in [1.54, 1.807) is 0 Å². The summed E-state index contributed by atoms with van der Waals surface area (Å²) in [6.45, 7) is 0. The van der Waals surface area contributed by atoms with Gasteiger partial charge in [0.15, 0.2) is 0 Å². The van der Waals surface area contributed by atoms with Crippen LogP contribution in [0, 0.1) is 0 Å². The first-order valence-electron chi connectivity index (χ1n) is 5.11. The van der Waals surface area contributed by atoms with E-state index in [0.29, 0.717) is 0 Å². The Hall–Kier alpha value is -0.210. The molecule has 2 aromatic rings. The largest absolute Gasteiger partial charge is 1.00 e. The van der Waals surface area contributed by atoms with Gasteiger partial charge >= 0.3 is 29.6 Å². The molecule has 0 aromatic heterocycles. The Morgan fingerprint density at radius 2 is 1.06 bits per heavy atom. The molecule has 0 aliphatic heterocycles. The van der Waals surface area contributed by atoms with Crippen LogP contribution in [-0.4, -0.2) is 0 Å². The van der Waals surface area contributed by atoms with E-state index in [-0.39, 0.29) is 31.0 Å². The molecule has 0 aliphatic carbocycles. The molecule has 0 unspecified atom stereocenters. The van der Waals surface area contributed by atoms with Crippen LogP contribution < -0.4 is 29.6 Å². The van der Waals surface area contributed by atoms with Gasteiger partial charge in [0.25, 0.3) is 0 Å². The van der Waals surface area contributed by atoms with E-state index in [9.17, 15) is 0 Å². The summed E-state index contributed by atoms with van der Waals surface area (Å²) in [5, 5.41) is 0. The van der Waals surface area contributed by atoms with Crippen molar-refractivity contribution in [3.63, 3.8) is 0 Å². The summed E-state index contributed by atoms with van der Waals surface area (Å²) in [5.74, 6) is 2.19. The molecule has 0 amide bonds. The van der Waals surface area contributed by atoms with Crippen LogP contribution in [0.1, 0.15) is 12.6 Å². The van der Waals surface area contributed by atoms with Gasteiger partial charge in [0, 0.05) is 11.5 Å². The predicted molar refractivity (Wildman–Crippen MR) is 69.0 cm³/mol. The molecule has 0 atom stereocenters. The van der Waals surface area contributed by atoms with Crippen molar-refractivity contribution in [2.75, 3.05) is 0 Å². The molecular weight excluding hydrogens is 223 g/mol. The normalized spacial score (nSPS) is 9.50. The molecule has 0 bridgehead atoms. The molecule has 2 heteroatoms. The third-order valence-corrected chi connectivity index (χ3v) is 3.30. The number of hydrogen-bond donors (Lipinski definition) is 0. The summed E-state index contributed by atoms with van der Waals surface area (Å²) in [7, 11) is 0. The average Bonchev–Trinajstić information content (AvgIpc) is 2.32. The summed E-state index contributed by atoms with van der Waals surface area (Å²) < 4.78 is 0. The molecule has 0 saturated carbocycles. The quantitative estimate of drug-likeness (QED) is 0.722. The van der Waals surface area contributed by atoms with Crippen LogP contribution in [-0.2, 0) is 11.5 Å². The van der Waals surface area contributed by atoms with Gasteiger partial charge in [0.2, 0.25) is 0 Å². The number of thioether (sulfide) groups is 1. The van der Waals surface area contributed by atoms with E-state index in [4.69, 9.17) is 0 Å². The van der Waals surface area contributed by atoms with Crippen LogP contribution in [0.5, 0.6) is 0 Å². The molecule has 2 rings (SSSR count). The molecule has 0 radical (unpaired) electrons. The second-order valence-corrected chi connectivity index (χ2v) is 4.45. The molecule has 0 heterocycles. The second-order valence-electron chi connectivity index (χ2n) is 3.46. The minimum absolute atomic E-state index is 0. The first kappa shape index (κ1) is 13.9. The van der Waals surface area contributed by atoms with Crippen molar-refractivity contribution in [3.05, 3.63) is 71.8 Å². The number of benzene rings is 2. The standard InChI is InChI=1S/C14H14S.Na.H/c1-3-7-13(8-4-1)11-15-12-14-9-5-2-6-10-14;;/h1-10H,11-12H2;;/q;+1;-1. The van der Waals surface area contributed by atoms with E-state index in [2.05, 4.69) is 60.7 Å². The van der Waals surface area contributed by atoms with Crippen LogP contribution >= 0.6 is 11.8 Å². The Labute approximate surface area is 125 Å². The van der Waals surface area contributed by atoms with Crippen molar-refractivity contribution < 1.29 is 31.0 Å². The van der Waals surface area contributed by atoms with Crippen molar-refractivity contribution >= 4 is 11.8 Å². The topological polar surface area (TPSA) is 0 Å². The zero-order chi connectivity index (χ0) is 10.3. The Bertz CT molecular complexity index is 352. The van der Waals surface area contributed by atoms with E-state index < -0.39 is 0 Å². The van der Waals surface area contributed by atoms with Gasteiger partial charge in [-0.3, -0.25) is 0 Å². The van der Waals surface area contributed by atoms with Crippen LogP contribution in [0.15, 0.2) is 60.7 Å². The predicted octanol–water partition coefficient (Wildman–Crippen LogP) is 1.24. The Morgan fingerprint density at radius 1 is 0.688 bits per heavy atom. The van der Waals surface area contributed by atoms with Crippen molar-refractivity contribution in [1.82, 2.24) is 0 Å². The molecule has 0 spiro atoms. The van der Waals surface area contributed by atoms with Crippen LogP contribution in [0.3, 0.4) is 0 Å². The van der Waals surface area contributed by atoms with Gasteiger partial charge in [0.1, 0.15) is 0 Å². The summed E-state index contributed by atoms with van der Waals surface area (Å²) in [5.41, 5.74) is 2.80. The van der Waals surface area contributed by atoms with Crippen molar-refractivity contribution in [2.45, 2.75) is 11.5 Å². The van der Waals surface area contributed by atoms with Gasteiger partial charge in [-0.15, -0.1) is 0 Å². The maximum atomic E-state index is 2.18. The van der Waals surface area contributed by atoms with Crippen molar-refractivity contribution in [2.24, 2.45) is 0 Å². The van der Waals surface area contributed by atoms with Gasteiger partial charge in [-0.1, -0.05) is 60.7 Å². The third kappa shape index (κ3) is 4.75. The summed E-state index contributed by atoms with van der Waals surface area (Å²) in [6.07, 6.45) is 0. The minimum atomic E-state index is 0. The first-order chi connectivity index (χ1) is 7.45. The van der Waals surface area contributed by atoms with Crippen LogP contribution in [0.2, 0.25) is 0 Å². The van der Waals surface area contributed by atoms with E-state index >= 15 is 0 Å². The van der Waals surface area contributed by atoms with Crippen molar-refractivity contribution in [1.29, 1.82) is 0 Å².